The Kier molecular flexibility index (Phi) is 12.5. The molecule has 0 unspecified atom stereocenters. The molecular formula is C32H42N4O5. The molecule has 4 N–H and O–H groups in total. The van der Waals surface area contributed by atoms with Crippen molar-refractivity contribution in [3.05, 3.63) is 71.8 Å². The van der Waals surface area contributed by atoms with Gasteiger partial charge < -0.3 is 21.3 Å². The molecule has 0 saturated heterocycles. The molecule has 9 nitrogen and oxygen atoms in total. The lowest BCUT2D eigenvalue weighted by molar-refractivity contribution is -0.141. The third-order valence-corrected chi connectivity index (χ3v) is 7.34. The summed E-state index contributed by atoms with van der Waals surface area (Å²) in [4.78, 5) is 65.0. The Bertz CT molecular complexity index is 1170. The molecule has 0 bridgehead atoms. The predicted molar refractivity (Wildman–Crippen MR) is 157 cm³/mol. The Balaban J connectivity index is 1.64. The van der Waals surface area contributed by atoms with Crippen LogP contribution in [0.15, 0.2) is 60.7 Å². The van der Waals surface area contributed by atoms with Gasteiger partial charge in [0.2, 0.25) is 17.6 Å². The van der Waals surface area contributed by atoms with E-state index >= 15 is 0 Å². The largest absolute Gasteiger partial charge is 0.347 e. The first-order valence-electron chi connectivity index (χ1n) is 14.6. The lowest BCUT2D eigenvalue weighted by Gasteiger charge is -2.25. The summed E-state index contributed by atoms with van der Waals surface area (Å²) in [6.45, 7) is 3.47. The SMILES string of the molecule is CCCC[C@H](NC(=O)[C@H](C)NC(=O)[C@@H](Cc1ccccc1)NC(=O)c1ccccc1)C(=O)C(=O)NC1CCCCC1. The van der Waals surface area contributed by atoms with Gasteiger partial charge in [-0.15, -0.1) is 0 Å². The third-order valence-electron chi connectivity index (χ3n) is 7.34. The maximum absolute atomic E-state index is 13.3. The number of amides is 4. The van der Waals surface area contributed by atoms with Crippen LogP contribution in [0, 0.1) is 0 Å². The molecule has 1 saturated carbocycles. The molecule has 1 aliphatic carbocycles. The van der Waals surface area contributed by atoms with Gasteiger partial charge in [-0.2, -0.15) is 0 Å². The molecule has 9 heteroatoms. The zero-order valence-electron chi connectivity index (χ0n) is 24.0. The van der Waals surface area contributed by atoms with Crippen LogP contribution in [0.4, 0.5) is 0 Å². The van der Waals surface area contributed by atoms with E-state index in [1.807, 2.05) is 37.3 Å². The van der Waals surface area contributed by atoms with E-state index in [0.29, 0.717) is 18.4 Å². The number of hydrogen-bond donors (Lipinski definition) is 4. The molecule has 0 aliphatic heterocycles. The van der Waals surface area contributed by atoms with Crippen LogP contribution in [0.2, 0.25) is 0 Å². The lowest BCUT2D eigenvalue weighted by Crippen LogP contribution is -2.56. The van der Waals surface area contributed by atoms with Crippen LogP contribution in [0.1, 0.15) is 81.1 Å². The van der Waals surface area contributed by atoms with Gasteiger partial charge in [-0.25, -0.2) is 0 Å². The average molecular weight is 563 g/mol. The molecule has 2 aromatic carbocycles. The van der Waals surface area contributed by atoms with Gasteiger partial charge >= 0.3 is 0 Å². The number of carbonyl (C=O) groups excluding carboxylic acids is 5. The Morgan fingerprint density at radius 3 is 2.05 bits per heavy atom. The highest BCUT2D eigenvalue weighted by atomic mass is 16.2. The number of ketones is 1. The molecule has 0 aromatic heterocycles. The molecule has 41 heavy (non-hydrogen) atoms. The summed E-state index contributed by atoms with van der Waals surface area (Å²) in [5.41, 5.74) is 1.25. The van der Waals surface area contributed by atoms with Crippen molar-refractivity contribution in [3.8, 4) is 0 Å². The van der Waals surface area contributed by atoms with Crippen molar-refractivity contribution < 1.29 is 24.0 Å². The fraction of sp³-hybridized carbons (Fsp3) is 0.469. The maximum atomic E-state index is 13.3. The van der Waals surface area contributed by atoms with Gasteiger partial charge in [0.05, 0.1) is 6.04 Å². The van der Waals surface area contributed by atoms with Gasteiger partial charge in [-0.1, -0.05) is 87.6 Å². The van der Waals surface area contributed by atoms with Crippen molar-refractivity contribution in [1.82, 2.24) is 21.3 Å². The second-order valence-electron chi connectivity index (χ2n) is 10.7. The standard InChI is InChI=1S/C32H42N4O5/c1-3-4-20-26(28(37)32(41)34-25-18-12-7-13-19-25)35-29(38)22(2)33-31(40)27(21-23-14-8-5-9-15-23)36-30(39)24-16-10-6-11-17-24/h5-6,8-11,14-17,22,25-27H,3-4,7,12-13,18-21H2,1-2H3,(H,33,40)(H,34,41)(H,35,38)(H,36,39)/t22-,26-,27+/m0/s1. The van der Waals surface area contributed by atoms with Crippen LogP contribution < -0.4 is 21.3 Å². The fourth-order valence-electron chi connectivity index (χ4n) is 4.91. The third kappa shape index (κ3) is 10.2. The zero-order valence-corrected chi connectivity index (χ0v) is 24.0. The summed E-state index contributed by atoms with van der Waals surface area (Å²) >= 11 is 0. The Hall–Kier alpha value is -4.01. The summed E-state index contributed by atoms with van der Waals surface area (Å²) in [6, 6.07) is 14.9. The van der Waals surface area contributed by atoms with Crippen LogP contribution in [-0.2, 0) is 25.6 Å². The van der Waals surface area contributed by atoms with Crippen LogP contribution in [0.5, 0.6) is 0 Å². The van der Waals surface area contributed by atoms with E-state index in [1.54, 1.807) is 30.3 Å². The monoisotopic (exact) mass is 562 g/mol. The predicted octanol–water partition coefficient (Wildman–Crippen LogP) is 3.23. The fourth-order valence-corrected chi connectivity index (χ4v) is 4.91. The Morgan fingerprint density at radius 1 is 0.780 bits per heavy atom. The first kappa shape index (κ1) is 31.5. The van der Waals surface area contributed by atoms with Crippen LogP contribution in [-0.4, -0.2) is 53.6 Å². The minimum Gasteiger partial charge on any atom is -0.347 e. The van der Waals surface area contributed by atoms with Gasteiger partial charge in [0.15, 0.2) is 0 Å². The number of carbonyl (C=O) groups is 5. The van der Waals surface area contributed by atoms with Crippen LogP contribution in [0.25, 0.3) is 0 Å². The molecule has 0 spiro atoms. The minimum atomic E-state index is -1.01. The van der Waals surface area contributed by atoms with E-state index in [2.05, 4.69) is 21.3 Å². The molecule has 0 radical (unpaired) electrons. The van der Waals surface area contributed by atoms with E-state index < -0.39 is 47.5 Å². The number of rotatable bonds is 14. The molecule has 4 amide bonds. The topological polar surface area (TPSA) is 133 Å². The van der Waals surface area contributed by atoms with Gasteiger partial charge in [0.1, 0.15) is 12.1 Å². The van der Waals surface area contributed by atoms with Gasteiger partial charge in [-0.05, 0) is 43.9 Å². The van der Waals surface area contributed by atoms with E-state index in [4.69, 9.17) is 0 Å². The number of unbranched alkanes of at least 4 members (excludes halogenated alkanes) is 1. The molecular weight excluding hydrogens is 520 g/mol. The molecule has 3 rings (SSSR count). The summed E-state index contributed by atoms with van der Waals surface area (Å²) in [7, 11) is 0. The second kappa shape index (κ2) is 16.3. The Morgan fingerprint density at radius 2 is 1.41 bits per heavy atom. The molecule has 220 valence electrons. The molecule has 1 fully saturated rings. The molecule has 2 aromatic rings. The van der Waals surface area contributed by atoms with Gasteiger partial charge in [0.25, 0.3) is 11.8 Å². The minimum absolute atomic E-state index is 0.0198. The van der Waals surface area contributed by atoms with Gasteiger partial charge in [-0.3, -0.25) is 24.0 Å². The normalized spacial score (nSPS) is 15.6. The first-order valence-corrected chi connectivity index (χ1v) is 14.6. The number of Topliss-reactive ketones (excluding diaryl/α,β-unsaturated/α-hetero) is 1. The smallest absolute Gasteiger partial charge is 0.289 e. The van der Waals surface area contributed by atoms with Crippen molar-refractivity contribution in [2.24, 2.45) is 0 Å². The van der Waals surface area contributed by atoms with Crippen molar-refractivity contribution in [2.75, 3.05) is 0 Å². The van der Waals surface area contributed by atoms with E-state index in [0.717, 1.165) is 44.1 Å². The number of nitrogens with one attached hydrogen (secondary N) is 4. The zero-order chi connectivity index (χ0) is 29.6. The average Bonchev–Trinajstić information content (AvgIpc) is 2.99. The van der Waals surface area contributed by atoms with Crippen molar-refractivity contribution >= 4 is 29.4 Å². The highest BCUT2D eigenvalue weighted by molar-refractivity contribution is 6.38. The van der Waals surface area contributed by atoms with Crippen LogP contribution in [0.3, 0.4) is 0 Å². The second-order valence-corrected chi connectivity index (χ2v) is 10.7. The van der Waals surface area contributed by atoms with E-state index in [9.17, 15) is 24.0 Å². The highest BCUT2D eigenvalue weighted by Gasteiger charge is 2.31. The van der Waals surface area contributed by atoms with E-state index in [1.165, 1.54) is 6.92 Å². The summed E-state index contributed by atoms with van der Waals surface area (Å²) in [6.07, 6.45) is 6.84. The van der Waals surface area contributed by atoms with Crippen molar-refractivity contribution in [1.29, 1.82) is 0 Å². The lowest BCUT2D eigenvalue weighted by atomic mass is 9.95. The van der Waals surface area contributed by atoms with Gasteiger partial charge in [0, 0.05) is 18.0 Å². The molecule has 1 aliphatic rings. The molecule has 0 heterocycles. The molecule has 3 atom stereocenters. The first-order chi connectivity index (χ1) is 19.8. The Labute approximate surface area is 242 Å². The highest BCUT2D eigenvalue weighted by Crippen LogP contribution is 2.17. The van der Waals surface area contributed by atoms with E-state index in [-0.39, 0.29) is 12.5 Å². The summed E-state index contributed by atoms with van der Waals surface area (Å²) < 4.78 is 0. The van der Waals surface area contributed by atoms with Crippen molar-refractivity contribution in [2.45, 2.75) is 95.8 Å². The number of hydrogen-bond acceptors (Lipinski definition) is 5. The van der Waals surface area contributed by atoms with Crippen molar-refractivity contribution in [3.63, 3.8) is 0 Å². The summed E-state index contributed by atoms with van der Waals surface area (Å²) in [5.74, 6) is -2.87. The summed E-state index contributed by atoms with van der Waals surface area (Å²) in [5, 5.41) is 11.0. The maximum Gasteiger partial charge on any atom is 0.289 e. The quantitative estimate of drug-likeness (QED) is 0.263. The van der Waals surface area contributed by atoms with Crippen LogP contribution >= 0.6 is 0 Å². The number of benzene rings is 2.